The van der Waals surface area contributed by atoms with Crippen molar-refractivity contribution in [3.05, 3.63) is 64.6 Å². The Morgan fingerprint density at radius 2 is 1.87 bits per heavy atom. The molecule has 1 aromatic carbocycles. The summed E-state index contributed by atoms with van der Waals surface area (Å²) >= 11 is 0. The van der Waals surface area contributed by atoms with E-state index in [-0.39, 0.29) is 40.9 Å². The second-order valence-corrected chi connectivity index (χ2v) is 5.26. The van der Waals surface area contributed by atoms with Crippen molar-refractivity contribution in [3.63, 3.8) is 0 Å². The van der Waals surface area contributed by atoms with E-state index in [0.717, 1.165) is 18.5 Å². The van der Waals surface area contributed by atoms with Crippen molar-refractivity contribution >= 4 is 11.0 Å². The Hall–Kier alpha value is -1.62. The second kappa shape index (κ2) is 7.77. The molecule has 0 spiro atoms. The number of hydrogen-bond donors (Lipinski definition) is 0. The van der Waals surface area contributed by atoms with Crippen LogP contribution in [0.25, 0.3) is 16.7 Å². The second-order valence-electron chi connectivity index (χ2n) is 5.26. The van der Waals surface area contributed by atoms with Gasteiger partial charge in [0.1, 0.15) is 5.65 Å². The molecule has 4 nitrogen and oxygen atoms in total. The van der Waals surface area contributed by atoms with Gasteiger partial charge < -0.3 is 5.11 Å². The zero-order chi connectivity index (χ0) is 15.5. The maximum Gasteiger partial charge on any atom is 1.00 e. The molecule has 0 aliphatic carbocycles. The van der Waals surface area contributed by atoms with Crippen molar-refractivity contribution in [2.75, 3.05) is 0 Å². The van der Waals surface area contributed by atoms with Crippen molar-refractivity contribution < 1.29 is 34.7 Å². The minimum atomic E-state index is -0.254. The number of para-hydroxylation sites is 1. The molecular formula is C18H17N2NaO2. The number of nitrogens with zero attached hydrogens (tertiary/aromatic N) is 2. The Morgan fingerprint density at radius 3 is 2.57 bits per heavy atom. The molecule has 3 rings (SSSR count). The molecule has 0 N–H and O–H groups in total. The zero-order valence-corrected chi connectivity index (χ0v) is 15.5. The van der Waals surface area contributed by atoms with Gasteiger partial charge in [-0.25, -0.2) is 4.98 Å². The van der Waals surface area contributed by atoms with Crippen molar-refractivity contribution in [1.29, 1.82) is 0 Å². The molecule has 0 bridgehead atoms. The molecular weight excluding hydrogens is 299 g/mol. The van der Waals surface area contributed by atoms with E-state index in [0.29, 0.717) is 23.0 Å². The Labute approximate surface area is 157 Å². The van der Waals surface area contributed by atoms with Crippen LogP contribution in [0.4, 0.5) is 0 Å². The van der Waals surface area contributed by atoms with Gasteiger partial charge in [0.15, 0.2) is 0 Å². The smallest absolute Gasteiger partial charge is 0.872 e. The van der Waals surface area contributed by atoms with Gasteiger partial charge >= 0.3 is 29.6 Å². The first-order valence-electron chi connectivity index (χ1n) is 7.49. The number of pyridine rings is 2. The Kier molecular flexibility index (Phi) is 5.99. The Morgan fingerprint density at radius 1 is 1.13 bits per heavy atom. The van der Waals surface area contributed by atoms with Crippen LogP contribution in [0.5, 0.6) is 5.75 Å². The van der Waals surface area contributed by atoms with Gasteiger partial charge in [-0.15, -0.1) is 0 Å². The fraction of sp³-hybridized carbons (Fsp3) is 0.222. The third-order valence-electron chi connectivity index (χ3n) is 3.77. The van der Waals surface area contributed by atoms with Crippen LogP contribution in [0.15, 0.2) is 53.5 Å². The number of rotatable bonds is 4. The van der Waals surface area contributed by atoms with Crippen molar-refractivity contribution in [3.8, 4) is 11.4 Å². The predicted molar refractivity (Wildman–Crippen MR) is 85.4 cm³/mol. The summed E-state index contributed by atoms with van der Waals surface area (Å²) in [5, 5.41) is 13.1. The number of benzene rings is 1. The van der Waals surface area contributed by atoms with Crippen LogP contribution in [0, 0.1) is 0 Å². The van der Waals surface area contributed by atoms with Gasteiger partial charge in [-0.2, -0.15) is 0 Å². The molecule has 2 aromatic heterocycles. The molecule has 0 saturated carbocycles. The zero-order valence-electron chi connectivity index (χ0n) is 13.5. The molecule has 0 amide bonds. The summed E-state index contributed by atoms with van der Waals surface area (Å²) in [4.78, 5) is 17.1. The Bertz CT molecular complexity index is 860. The molecule has 0 unspecified atom stereocenters. The van der Waals surface area contributed by atoms with Gasteiger partial charge in [0.2, 0.25) is 0 Å². The van der Waals surface area contributed by atoms with E-state index in [1.807, 2.05) is 37.3 Å². The molecule has 0 atom stereocenters. The monoisotopic (exact) mass is 316 g/mol. The van der Waals surface area contributed by atoms with Crippen molar-refractivity contribution in [2.45, 2.75) is 26.2 Å². The molecule has 3 aromatic rings. The normalized spacial score (nSPS) is 10.5. The summed E-state index contributed by atoms with van der Waals surface area (Å²) in [6, 6.07) is 12.8. The maximum atomic E-state index is 12.8. The molecule has 0 aliphatic heterocycles. The van der Waals surface area contributed by atoms with E-state index in [9.17, 15) is 9.90 Å². The summed E-state index contributed by atoms with van der Waals surface area (Å²) in [5.41, 5.74) is 1.25. The van der Waals surface area contributed by atoms with Crippen LogP contribution in [0.1, 0.15) is 25.3 Å². The molecule has 0 saturated heterocycles. The summed E-state index contributed by atoms with van der Waals surface area (Å²) in [5.74, 6) is -0.186. The number of aromatic nitrogens is 2. The number of hydrogen-bond acceptors (Lipinski definition) is 3. The van der Waals surface area contributed by atoms with E-state index in [1.54, 1.807) is 22.9 Å². The van der Waals surface area contributed by atoms with E-state index in [1.165, 1.54) is 0 Å². The van der Waals surface area contributed by atoms with Gasteiger partial charge in [-0.05, 0) is 31.0 Å². The first kappa shape index (κ1) is 17.7. The summed E-state index contributed by atoms with van der Waals surface area (Å²) in [7, 11) is 0. The molecule has 5 heteroatoms. The standard InChI is InChI=1S/C18H18N2O2.Na/c1-2-3-10-15-16(21)14-11-7-12-19-17(14)20(18(15)22)13-8-5-4-6-9-13;/h4-9,11-12,21H,2-3,10H2,1H3;/q;+1/p-1. The summed E-state index contributed by atoms with van der Waals surface area (Å²) in [6.45, 7) is 2.04. The fourth-order valence-electron chi connectivity index (χ4n) is 2.63. The Balaban J connectivity index is 0.00000192. The van der Waals surface area contributed by atoms with Gasteiger partial charge in [-0.1, -0.05) is 43.4 Å². The average Bonchev–Trinajstić information content (AvgIpc) is 2.56. The van der Waals surface area contributed by atoms with Gasteiger partial charge in [0.25, 0.3) is 5.56 Å². The average molecular weight is 316 g/mol. The third-order valence-corrected chi connectivity index (χ3v) is 3.77. The van der Waals surface area contributed by atoms with Crippen molar-refractivity contribution in [2.24, 2.45) is 0 Å². The minimum Gasteiger partial charge on any atom is -0.872 e. The van der Waals surface area contributed by atoms with Crippen LogP contribution >= 0.6 is 0 Å². The summed E-state index contributed by atoms with van der Waals surface area (Å²) < 4.78 is 1.54. The van der Waals surface area contributed by atoms with Gasteiger partial charge in [0, 0.05) is 17.1 Å². The predicted octanol–water partition coefficient (Wildman–Crippen LogP) is -0.194. The van der Waals surface area contributed by atoms with E-state index < -0.39 is 0 Å². The van der Waals surface area contributed by atoms with Crippen LogP contribution in [-0.2, 0) is 6.42 Å². The van der Waals surface area contributed by atoms with E-state index in [4.69, 9.17) is 0 Å². The number of unbranched alkanes of at least 4 members (excludes halogenated alkanes) is 1. The molecule has 0 radical (unpaired) electrons. The summed E-state index contributed by atoms with van der Waals surface area (Å²) in [6.07, 6.45) is 3.87. The first-order chi connectivity index (χ1) is 10.7. The number of fused-ring (bicyclic) bond motifs is 1. The van der Waals surface area contributed by atoms with Crippen LogP contribution in [0.2, 0.25) is 0 Å². The molecule has 112 valence electrons. The van der Waals surface area contributed by atoms with Gasteiger partial charge in [0.05, 0.1) is 5.69 Å². The van der Waals surface area contributed by atoms with Gasteiger partial charge in [-0.3, -0.25) is 9.36 Å². The van der Waals surface area contributed by atoms with Crippen LogP contribution < -0.4 is 40.2 Å². The molecule has 0 fully saturated rings. The molecule has 0 aliphatic rings. The quantitative estimate of drug-likeness (QED) is 0.627. The van der Waals surface area contributed by atoms with Crippen LogP contribution in [-0.4, -0.2) is 9.55 Å². The SMILES string of the molecule is CCCCc1c([O-])c2cccnc2n(-c2ccccc2)c1=O.[Na+]. The maximum absolute atomic E-state index is 12.8. The van der Waals surface area contributed by atoms with E-state index in [2.05, 4.69) is 4.98 Å². The molecule has 2 heterocycles. The van der Waals surface area contributed by atoms with Crippen molar-refractivity contribution in [1.82, 2.24) is 9.55 Å². The fourth-order valence-corrected chi connectivity index (χ4v) is 2.63. The topological polar surface area (TPSA) is 58.0 Å². The largest absolute Gasteiger partial charge is 1.00 e. The third kappa shape index (κ3) is 3.34. The first-order valence-corrected chi connectivity index (χ1v) is 7.49. The van der Waals surface area contributed by atoms with E-state index >= 15 is 0 Å². The minimum absolute atomic E-state index is 0. The molecule has 23 heavy (non-hydrogen) atoms. The van der Waals surface area contributed by atoms with Crippen LogP contribution in [0.3, 0.4) is 0 Å².